The monoisotopic (exact) mass is 308 g/mol. The molecule has 1 aromatic heterocycles. The van der Waals surface area contributed by atoms with E-state index in [0.717, 1.165) is 21.4 Å². The highest BCUT2D eigenvalue weighted by Gasteiger charge is 2.16. The number of halogens is 2. The molecule has 22 heavy (non-hydrogen) atoms. The summed E-state index contributed by atoms with van der Waals surface area (Å²) >= 11 is 0. The van der Waals surface area contributed by atoms with Gasteiger partial charge in [0.1, 0.15) is 5.75 Å². The van der Waals surface area contributed by atoms with E-state index in [9.17, 15) is 13.6 Å². The van der Waals surface area contributed by atoms with Gasteiger partial charge >= 0.3 is 5.97 Å². The van der Waals surface area contributed by atoms with Crippen LogP contribution in [0.25, 0.3) is 10.9 Å². The highest BCUT2D eigenvalue weighted by molar-refractivity contribution is 5.91. The minimum atomic E-state index is -2.53. The van der Waals surface area contributed by atoms with Gasteiger partial charge < -0.3 is 9.72 Å². The smallest absolute Gasteiger partial charge is 0.308 e. The largest absolute Gasteiger partial charge is 0.426 e. The van der Waals surface area contributed by atoms with E-state index in [1.54, 1.807) is 18.3 Å². The maximum Gasteiger partial charge on any atom is 0.308 e. The Bertz CT molecular complexity index is 667. The molecule has 1 N–H and O–H groups in total. The lowest BCUT2D eigenvalue weighted by Crippen LogP contribution is -2.31. The van der Waals surface area contributed by atoms with Gasteiger partial charge in [0.2, 0.25) is 0 Å². The highest BCUT2D eigenvalue weighted by Crippen LogP contribution is 2.29. The number of hydrogen-bond donors (Lipinski definition) is 1. The van der Waals surface area contributed by atoms with E-state index < -0.39 is 12.5 Å². The van der Waals surface area contributed by atoms with Crippen LogP contribution in [0, 0.1) is 0 Å². The van der Waals surface area contributed by atoms with Crippen molar-refractivity contribution in [2.75, 3.05) is 13.1 Å². The highest BCUT2D eigenvalue weighted by atomic mass is 19.3. The average molecular weight is 308 g/mol. The van der Waals surface area contributed by atoms with Crippen molar-refractivity contribution >= 4 is 16.9 Å². The first-order valence-electron chi connectivity index (χ1n) is 6.93. The lowest BCUT2D eigenvalue weighted by molar-refractivity contribution is -0.131. The molecule has 0 atom stereocenters. The third kappa shape index (κ3) is 3.71. The Kier molecular flexibility index (Phi) is 5.27. The normalized spacial score (nSPS) is 11.3. The second kappa shape index (κ2) is 7.17. The number of nitrogens with zero attached hydrogens (tertiary/aromatic N) is 1. The molecular weight excluding hydrogens is 290 g/mol. The summed E-state index contributed by atoms with van der Waals surface area (Å²) < 4.78 is 31.0. The number of ether oxygens (including phenoxy) is 1. The van der Waals surface area contributed by atoms with Crippen molar-refractivity contribution in [2.24, 2.45) is 0 Å². The molecule has 0 fully saturated rings. The van der Waals surface area contributed by atoms with Gasteiger partial charge in [-0.25, -0.2) is 4.90 Å². The number of esters is 1. The van der Waals surface area contributed by atoms with Gasteiger partial charge in [-0.05, 0) is 24.1 Å². The van der Waals surface area contributed by atoms with Gasteiger partial charge in [0.25, 0.3) is 6.55 Å². The van der Waals surface area contributed by atoms with E-state index in [2.05, 4.69) is 11.6 Å². The second-order valence-electron chi connectivity index (χ2n) is 4.90. The maximum atomic E-state index is 12.9. The molecular formula is C16H18F2N2O2. The van der Waals surface area contributed by atoms with Gasteiger partial charge in [0.15, 0.2) is 0 Å². The van der Waals surface area contributed by atoms with E-state index in [1.807, 2.05) is 6.07 Å². The zero-order valence-electron chi connectivity index (χ0n) is 12.3. The molecule has 0 amide bonds. The molecule has 1 heterocycles. The third-order valence-electron chi connectivity index (χ3n) is 3.31. The molecule has 118 valence electrons. The van der Waals surface area contributed by atoms with Crippen LogP contribution in [0.3, 0.4) is 0 Å². The molecule has 6 heteroatoms. The minimum Gasteiger partial charge on any atom is -0.426 e. The summed E-state index contributed by atoms with van der Waals surface area (Å²) in [6.45, 7) is 2.59. The van der Waals surface area contributed by atoms with E-state index in [-0.39, 0.29) is 13.1 Å². The molecule has 0 radical (unpaired) electrons. The van der Waals surface area contributed by atoms with Gasteiger partial charge in [-0.3, -0.25) is 4.79 Å². The summed E-state index contributed by atoms with van der Waals surface area (Å²) in [6, 6.07) is 5.31. The lowest BCUT2D eigenvalue weighted by atomic mass is 10.1. The van der Waals surface area contributed by atoms with E-state index in [0.29, 0.717) is 12.2 Å². The molecule has 0 aliphatic carbocycles. The molecule has 2 aromatic rings. The standard InChI is InChI=1S/C16H18F2N2O2/c1-3-8-20(16(17)18)9-7-12-10-19-13-5-4-6-14(15(12)13)22-11(2)21/h3-6,10,16,19H,1,7-9H2,2H3. The zero-order chi connectivity index (χ0) is 16.1. The number of H-pyrrole nitrogens is 1. The van der Waals surface area contributed by atoms with E-state index in [1.165, 1.54) is 13.0 Å². The topological polar surface area (TPSA) is 45.3 Å². The Labute approximate surface area is 127 Å². The van der Waals surface area contributed by atoms with Crippen molar-refractivity contribution in [2.45, 2.75) is 19.9 Å². The Hall–Kier alpha value is -2.21. The van der Waals surface area contributed by atoms with Gasteiger partial charge in [0.05, 0.1) is 0 Å². The number of alkyl halides is 2. The SMILES string of the molecule is C=CCN(CCc1c[nH]c2cccc(OC(C)=O)c12)C(F)F. The Morgan fingerprint density at radius 2 is 2.27 bits per heavy atom. The van der Waals surface area contributed by atoms with Crippen LogP contribution in [-0.2, 0) is 11.2 Å². The minimum absolute atomic E-state index is 0.122. The van der Waals surface area contributed by atoms with Crippen LogP contribution >= 0.6 is 0 Å². The zero-order valence-corrected chi connectivity index (χ0v) is 12.3. The molecule has 0 aliphatic heterocycles. The third-order valence-corrected chi connectivity index (χ3v) is 3.31. The number of benzene rings is 1. The molecule has 1 aromatic carbocycles. The molecule has 2 rings (SSSR count). The van der Waals surface area contributed by atoms with Crippen molar-refractivity contribution in [3.63, 3.8) is 0 Å². The predicted octanol–water partition coefficient (Wildman–Crippen LogP) is 3.35. The molecule has 0 unspecified atom stereocenters. The van der Waals surface area contributed by atoms with Crippen molar-refractivity contribution < 1.29 is 18.3 Å². The number of fused-ring (bicyclic) bond motifs is 1. The maximum absolute atomic E-state index is 12.9. The number of rotatable bonds is 7. The van der Waals surface area contributed by atoms with Crippen LogP contribution in [0.1, 0.15) is 12.5 Å². The molecule has 0 aliphatic rings. The predicted molar refractivity (Wildman–Crippen MR) is 81.1 cm³/mol. The first-order chi connectivity index (χ1) is 10.5. The van der Waals surface area contributed by atoms with Crippen LogP contribution in [0.15, 0.2) is 37.1 Å². The summed E-state index contributed by atoms with van der Waals surface area (Å²) in [5.74, 6) is 0.0223. The van der Waals surface area contributed by atoms with Gasteiger partial charge in [0, 0.05) is 37.1 Å². The van der Waals surface area contributed by atoms with Crippen molar-refractivity contribution in [1.29, 1.82) is 0 Å². The van der Waals surface area contributed by atoms with Crippen LogP contribution in [0.2, 0.25) is 0 Å². The number of aromatic nitrogens is 1. The number of aromatic amines is 1. The number of hydrogen-bond acceptors (Lipinski definition) is 3. The fourth-order valence-electron chi connectivity index (χ4n) is 2.36. The molecule has 0 spiro atoms. The first kappa shape index (κ1) is 16.2. The Balaban J connectivity index is 2.24. The van der Waals surface area contributed by atoms with Crippen molar-refractivity contribution in [3.05, 3.63) is 42.6 Å². The van der Waals surface area contributed by atoms with E-state index >= 15 is 0 Å². The fourth-order valence-corrected chi connectivity index (χ4v) is 2.36. The summed E-state index contributed by atoms with van der Waals surface area (Å²) in [5, 5.41) is 0.755. The summed E-state index contributed by atoms with van der Waals surface area (Å²) in [7, 11) is 0. The summed E-state index contributed by atoms with van der Waals surface area (Å²) in [5.41, 5.74) is 1.64. The van der Waals surface area contributed by atoms with Gasteiger partial charge in [-0.15, -0.1) is 6.58 Å². The Morgan fingerprint density at radius 3 is 2.91 bits per heavy atom. The first-order valence-corrected chi connectivity index (χ1v) is 6.93. The van der Waals surface area contributed by atoms with Crippen LogP contribution in [0.5, 0.6) is 5.75 Å². The van der Waals surface area contributed by atoms with Crippen LogP contribution < -0.4 is 4.74 Å². The average Bonchev–Trinajstić information content (AvgIpc) is 2.87. The molecule has 0 saturated heterocycles. The lowest BCUT2D eigenvalue weighted by Gasteiger charge is -2.19. The van der Waals surface area contributed by atoms with Crippen molar-refractivity contribution in [3.8, 4) is 5.75 Å². The van der Waals surface area contributed by atoms with Crippen molar-refractivity contribution in [1.82, 2.24) is 9.88 Å². The van der Waals surface area contributed by atoms with E-state index in [4.69, 9.17) is 4.74 Å². The van der Waals surface area contributed by atoms with Crippen LogP contribution in [-0.4, -0.2) is 35.5 Å². The second-order valence-corrected chi connectivity index (χ2v) is 4.90. The quantitative estimate of drug-likeness (QED) is 0.369. The summed E-state index contributed by atoms with van der Waals surface area (Å²) in [6.07, 6.45) is 3.62. The molecule has 0 saturated carbocycles. The summed E-state index contributed by atoms with van der Waals surface area (Å²) in [4.78, 5) is 15.3. The van der Waals surface area contributed by atoms with Gasteiger partial charge in [-0.2, -0.15) is 8.78 Å². The number of carbonyl (C=O) groups excluding carboxylic acids is 1. The number of carbonyl (C=O) groups is 1. The van der Waals surface area contributed by atoms with Gasteiger partial charge in [-0.1, -0.05) is 12.1 Å². The van der Waals surface area contributed by atoms with Crippen LogP contribution in [0.4, 0.5) is 8.78 Å². The fraction of sp³-hybridized carbons (Fsp3) is 0.312. The number of nitrogens with one attached hydrogen (secondary N) is 1. The molecule has 4 nitrogen and oxygen atoms in total. The Morgan fingerprint density at radius 1 is 1.50 bits per heavy atom. The molecule has 0 bridgehead atoms.